The van der Waals surface area contributed by atoms with Crippen molar-refractivity contribution < 1.29 is 9.53 Å². The highest BCUT2D eigenvalue weighted by molar-refractivity contribution is 7.11. The van der Waals surface area contributed by atoms with E-state index in [9.17, 15) is 4.79 Å². The van der Waals surface area contributed by atoms with Crippen LogP contribution in [0.5, 0.6) is 0 Å². The quantitative estimate of drug-likeness (QED) is 0.617. The first kappa shape index (κ1) is 20.3. The van der Waals surface area contributed by atoms with E-state index in [-0.39, 0.29) is 11.8 Å². The standard InChI is InChI=1S/C24H26N4O2S/c1-18-6-7-21(31-18)15-27-16-22(20-5-3-9-26-13-20)24(17-27)23(29)28(10-11-30-24)14-19-4-2-8-25-12-19/h2-9,12-13,22H,10-11,14-17H2,1H3. The number of carbonyl (C=O) groups excluding carboxylic acids is 1. The molecule has 2 aliphatic rings. The number of nitrogens with zero attached hydrogens (tertiary/aromatic N) is 4. The Kier molecular flexibility index (Phi) is 5.56. The van der Waals surface area contributed by atoms with Gasteiger partial charge in [-0.15, -0.1) is 11.3 Å². The second-order valence-electron chi connectivity index (χ2n) is 8.35. The molecular formula is C24H26N4O2S. The molecule has 0 bridgehead atoms. The Morgan fingerprint density at radius 3 is 2.68 bits per heavy atom. The summed E-state index contributed by atoms with van der Waals surface area (Å²) in [6.07, 6.45) is 7.23. The lowest BCUT2D eigenvalue weighted by Crippen LogP contribution is -2.59. The molecule has 3 aromatic rings. The molecule has 6 nitrogen and oxygen atoms in total. The number of pyridine rings is 2. The lowest BCUT2D eigenvalue weighted by molar-refractivity contribution is -0.173. The molecule has 160 valence electrons. The average molecular weight is 435 g/mol. The van der Waals surface area contributed by atoms with Crippen LogP contribution in [-0.2, 0) is 22.6 Å². The number of aryl methyl sites for hydroxylation is 1. The number of thiophene rings is 1. The predicted molar refractivity (Wildman–Crippen MR) is 120 cm³/mol. The van der Waals surface area contributed by atoms with Gasteiger partial charge < -0.3 is 9.64 Å². The maximum atomic E-state index is 13.9. The summed E-state index contributed by atoms with van der Waals surface area (Å²) in [4.78, 5) is 29.3. The zero-order valence-corrected chi connectivity index (χ0v) is 18.4. The lowest BCUT2D eigenvalue weighted by Gasteiger charge is -2.42. The van der Waals surface area contributed by atoms with E-state index in [2.05, 4.69) is 40.0 Å². The maximum absolute atomic E-state index is 13.9. The topological polar surface area (TPSA) is 58.6 Å². The molecule has 3 aromatic heterocycles. The van der Waals surface area contributed by atoms with Crippen LogP contribution in [0.15, 0.2) is 61.2 Å². The molecular weight excluding hydrogens is 408 g/mol. The highest BCUT2D eigenvalue weighted by Gasteiger charge is 2.57. The normalized spacial score (nSPS) is 24.2. The van der Waals surface area contributed by atoms with Crippen molar-refractivity contribution in [3.05, 3.63) is 82.1 Å². The highest BCUT2D eigenvalue weighted by atomic mass is 32.1. The molecule has 0 saturated carbocycles. The molecule has 2 saturated heterocycles. The van der Waals surface area contributed by atoms with Crippen LogP contribution in [0.2, 0.25) is 0 Å². The first-order valence-electron chi connectivity index (χ1n) is 10.6. The maximum Gasteiger partial charge on any atom is 0.257 e. The number of amides is 1. The van der Waals surface area contributed by atoms with Crippen molar-refractivity contribution in [2.24, 2.45) is 0 Å². The van der Waals surface area contributed by atoms with Gasteiger partial charge in [-0.1, -0.05) is 12.1 Å². The van der Waals surface area contributed by atoms with E-state index >= 15 is 0 Å². The zero-order chi connectivity index (χ0) is 21.3. The Balaban J connectivity index is 1.44. The third-order valence-corrected chi connectivity index (χ3v) is 7.18. The second-order valence-corrected chi connectivity index (χ2v) is 9.72. The van der Waals surface area contributed by atoms with Crippen LogP contribution in [0.1, 0.15) is 26.8 Å². The molecule has 2 aliphatic heterocycles. The average Bonchev–Trinajstić information content (AvgIpc) is 3.37. The van der Waals surface area contributed by atoms with Gasteiger partial charge in [0.15, 0.2) is 5.60 Å². The van der Waals surface area contributed by atoms with Gasteiger partial charge in [-0.05, 0) is 42.3 Å². The Morgan fingerprint density at radius 2 is 1.97 bits per heavy atom. The summed E-state index contributed by atoms with van der Waals surface area (Å²) >= 11 is 1.81. The van der Waals surface area contributed by atoms with Gasteiger partial charge in [-0.25, -0.2) is 0 Å². The van der Waals surface area contributed by atoms with Gasteiger partial charge in [-0.3, -0.25) is 19.7 Å². The van der Waals surface area contributed by atoms with Crippen LogP contribution in [0.3, 0.4) is 0 Å². The molecule has 2 atom stereocenters. The van der Waals surface area contributed by atoms with Gasteiger partial charge in [0.2, 0.25) is 0 Å². The molecule has 2 unspecified atom stereocenters. The number of aromatic nitrogens is 2. The van der Waals surface area contributed by atoms with E-state index in [0.29, 0.717) is 26.2 Å². The Morgan fingerprint density at radius 1 is 1.13 bits per heavy atom. The molecule has 0 radical (unpaired) electrons. The molecule has 1 spiro atoms. The van der Waals surface area contributed by atoms with Gasteiger partial charge >= 0.3 is 0 Å². The molecule has 5 heterocycles. The fourth-order valence-corrected chi connectivity index (χ4v) is 5.71. The summed E-state index contributed by atoms with van der Waals surface area (Å²) in [5.74, 6) is 0.0211. The van der Waals surface area contributed by atoms with Crippen LogP contribution in [-0.4, -0.2) is 57.5 Å². The number of hydrogen-bond donors (Lipinski definition) is 0. The number of morpholine rings is 1. The first-order chi connectivity index (χ1) is 15.1. The van der Waals surface area contributed by atoms with E-state index in [1.807, 2.05) is 46.8 Å². The minimum atomic E-state index is -0.879. The Labute approximate surface area is 186 Å². The highest BCUT2D eigenvalue weighted by Crippen LogP contribution is 2.42. The largest absolute Gasteiger partial charge is 0.361 e. The number of carbonyl (C=O) groups is 1. The van der Waals surface area contributed by atoms with Crippen LogP contribution in [0.25, 0.3) is 0 Å². The molecule has 31 heavy (non-hydrogen) atoms. The number of hydrogen-bond acceptors (Lipinski definition) is 6. The van der Waals surface area contributed by atoms with Gasteiger partial charge in [0.25, 0.3) is 5.91 Å². The smallest absolute Gasteiger partial charge is 0.257 e. The van der Waals surface area contributed by atoms with Crippen molar-refractivity contribution in [3.8, 4) is 0 Å². The number of ether oxygens (including phenoxy) is 1. The Bertz CT molecular complexity index is 1040. The summed E-state index contributed by atoms with van der Waals surface area (Å²) < 4.78 is 6.37. The zero-order valence-electron chi connectivity index (χ0n) is 17.6. The minimum absolute atomic E-state index is 0.0496. The van der Waals surface area contributed by atoms with Crippen molar-refractivity contribution in [1.82, 2.24) is 19.8 Å². The van der Waals surface area contributed by atoms with E-state index in [0.717, 1.165) is 24.2 Å². The Hall–Kier alpha value is -2.61. The SMILES string of the molecule is Cc1ccc(CN2CC(c3cccnc3)C3(C2)OCCN(Cc2cccnc2)C3=O)s1. The third-order valence-electron chi connectivity index (χ3n) is 6.19. The molecule has 0 N–H and O–H groups in total. The van der Waals surface area contributed by atoms with E-state index in [1.165, 1.54) is 9.75 Å². The van der Waals surface area contributed by atoms with Crippen LogP contribution in [0.4, 0.5) is 0 Å². The summed E-state index contributed by atoms with van der Waals surface area (Å²) in [7, 11) is 0. The fourth-order valence-electron chi connectivity index (χ4n) is 4.77. The van der Waals surface area contributed by atoms with Crippen molar-refractivity contribution in [3.63, 3.8) is 0 Å². The van der Waals surface area contributed by atoms with E-state index in [4.69, 9.17) is 4.74 Å². The summed E-state index contributed by atoms with van der Waals surface area (Å²) in [6.45, 7) is 6.01. The van der Waals surface area contributed by atoms with Crippen molar-refractivity contribution >= 4 is 17.2 Å². The van der Waals surface area contributed by atoms with Gasteiger partial charge in [0.1, 0.15) is 0 Å². The second kappa shape index (κ2) is 8.49. The van der Waals surface area contributed by atoms with Crippen LogP contribution < -0.4 is 0 Å². The first-order valence-corrected chi connectivity index (χ1v) is 11.5. The molecule has 7 heteroatoms. The molecule has 5 rings (SSSR count). The molecule has 0 aliphatic carbocycles. The molecule has 1 amide bonds. The van der Waals surface area contributed by atoms with Crippen molar-refractivity contribution in [2.45, 2.75) is 31.5 Å². The summed E-state index contributed by atoms with van der Waals surface area (Å²) in [5, 5.41) is 0. The van der Waals surface area contributed by atoms with E-state index < -0.39 is 5.60 Å². The third kappa shape index (κ3) is 4.01. The van der Waals surface area contributed by atoms with Gasteiger partial charge in [-0.2, -0.15) is 0 Å². The fraction of sp³-hybridized carbons (Fsp3) is 0.375. The van der Waals surface area contributed by atoms with Gasteiger partial charge in [0, 0.05) is 73.2 Å². The van der Waals surface area contributed by atoms with Crippen LogP contribution >= 0.6 is 11.3 Å². The van der Waals surface area contributed by atoms with Crippen molar-refractivity contribution in [1.29, 1.82) is 0 Å². The number of likely N-dealkylation sites (tertiary alicyclic amines) is 1. The van der Waals surface area contributed by atoms with Crippen molar-refractivity contribution in [2.75, 3.05) is 26.2 Å². The summed E-state index contributed by atoms with van der Waals surface area (Å²) in [5.41, 5.74) is 1.22. The summed E-state index contributed by atoms with van der Waals surface area (Å²) in [6, 6.07) is 12.3. The van der Waals surface area contributed by atoms with E-state index in [1.54, 1.807) is 12.4 Å². The van der Waals surface area contributed by atoms with Crippen LogP contribution in [0, 0.1) is 6.92 Å². The minimum Gasteiger partial charge on any atom is -0.361 e. The molecule has 0 aromatic carbocycles. The molecule has 2 fully saturated rings. The predicted octanol–water partition coefficient (Wildman–Crippen LogP) is 3.24. The van der Waals surface area contributed by atoms with Gasteiger partial charge in [0.05, 0.1) is 6.61 Å². The lowest BCUT2D eigenvalue weighted by atomic mass is 9.83. The monoisotopic (exact) mass is 434 g/mol. The number of rotatable bonds is 5.